The van der Waals surface area contributed by atoms with Crippen LogP contribution in [-0.4, -0.2) is 89.1 Å². The van der Waals surface area contributed by atoms with Crippen LogP contribution in [0.4, 0.5) is 0 Å². The lowest BCUT2D eigenvalue weighted by Gasteiger charge is -2.44. The standard InChI is InChI=1S/C27H38N4O2/c1-21-16-30(18-23-7-9-26(10-8-23)27(32)33)17-22(2)31(21)20-25-6-4-5-24(15-25)19-29-13-11-28(3)12-14-29/h4-10,15,21-22H,11-14,16-20H2,1-3H3,(H,32,33)/t21-,22+. The second-order valence-corrected chi connectivity index (χ2v) is 9.97. The van der Waals surface area contributed by atoms with E-state index >= 15 is 0 Å². The predicted octanol–water partition coefficient (Wildman–Crippen LogP) is 3.23. The summed E-state index contributed by atoms with van der Waals surface area (Å²) < 4.78 is 0. The van der Waals surface area contributed by atoms with Gasteiger partial charge in [0.25, 0.3) is 0 Å². The van der Waals surface area contributed by atoms with Crippen molar-refractivity contribution in [3.8, 4) is 0 Å². The van der Waals surface area contributed by atoms with E-state index in [2.05, 4.69) is 64.8 Å². The largest absolute Gasteiger partial charge is 0.478 e. The molecule has 33 heavy (non-hydrogen) atoms. The average Bonchev–Trinajstić information content (AvgIpc) is 2.78. The third-order valence-electron chi connectivity index (χ3n) is 7.14. The number of nitrogens with zero attached hydrogens (tertiary/aromatic N) is 4. The first-order valence-electron chi connectivity index (χ1n) is 12.2. The van der Waals surface area contributed by atoms with Crippen molar-refractivity contribution in [2.45, 2.75) is 45.6 Å². The van der Waals surface area contributed by atoms with Crippen molar-refractivity contribution in [3.05, 3.63) is 70.8 Å². The zero-order valence-corrected chi connectivity index (χ0v) is 20.3. The molecule has 2 atom stereocenters. The molecule has 0 amide bonds. The molecule has 2 heterocycles. The van der Waals surface area contributed by atoms with Gasteiger partial charge >= 0.3 is 5.97 Å². The highest BCUT2D eigenvalue weighted by molar-refractivity contribution is 5.87. The van der Waals surface area contributed by atoms with Gasteiger partial charge in [0.2, 0.25) is 0 Å². The van der Waals surface area contributed by atoms with Gasteiger partial charge in [0.15, 0.2) is 0 Å². The molecule has 6 nitrogen and oxygen atoms in total. The molecule has 0 bridgehead atoms. The summed E-state index contributed by atoms with van der Waals surface area (Å²) in [6, 6.07) is 17.4. The Morgan fingerprint density at radius 1 is 0.818 bits per heavy atom. The second-order valence-electron chi connectivity index (χ2n) is 9.97. The Bertz CT molecular complexity index is 912. The van der Waals surface area contributed by atoms with Crippen LogP contribution in [0.1, 0.15) is 40.9 Å². The first kappa shape index (κ1) is 23.9. The summed E-state index contributed by atoms with van der Waals surface area (Å²) in [7, 11) is 2.20. The summed E-state index contributed by atoms with van der Waals surface area (Å²) in [5.74, 6) is -0.870. The summed E-state index contributed by atoms with van der Waals surface area (Å²) in [4.78, 5) is 21.2. The fourth-order valence-corrected chi connectivity index (χ4v) is 5.22. The lowest BCUT2D eigenvalue weighted by Crippen LogP contribution is -2.55. The predicted molar refractivity (Wildman–Crippen MR) is 132 cm³/mol. The van der Waals surface area contributed by atoms with Gasteiger partial charge in [0.1, 0.15) is 0 Å². The van der Waals surface area contributed by atoms with E-state index in [1.165, 1.54) is 16.7 Å². The maximum atomic E-state index is 11.1. The van der Waals surface area contributed by atoms with Crippen LogP contribution < -0.4 is 0 Å². The summed E-state index contributed by atoms with van der Waals surface area (Å²) >= 11 is 0. The number of benzene rings is 2. The third kappa shape index (κ3) is 6.42. The van der Waals surface area contributed by atoms with Crippen LogP contribution in [0.3, 0.4) is 0 Å². The number of likely N-dealkylation sites (N-methyl/N-ethyl adjacent to an activating group) is 1. The highest BCUT2D eigenvalue weighted by atomic mass is 16.4. The van der Waals surface area contributed by atoms with Crippen molar-refractivity contribution in [1.82, 2.24) is 19.6 Å². The Kier molecular flexibility index (Phi) is 7.81. The molecule has 178 valence electrons. The van der Waals surface area contributed by atoms with Crippen LogP contribution in [0.5, 0.6) is 0 Å². The molecule has 0 aliphatic carbocycles. The Balaban J connectivity index is 1.32. The Morgan fingerprint density at radius 2 is 1.39 bits per heavy atom. The molecule has 2 aliphatic heterocycles. The van der Waals surface area contributed by atoms with Crippen molar-refractivity contribution < 1.29 is 9.90 Å². The minimum atomic E-state index is -0.870. The molecule has 2 saturated heterocycles. The minimum Gasteiger partial charge on any atom is -0.478 e. The topological polar surface area (TPSA) is 50.3 Å². The van der Waals surface area contributed by atoms with Crippen molar-refractivity contribution in [1.29, 1.82) is 0 Å². The van der Waals surface area contributed by atoms with Crippen LogP contribution >= 0.6 is 0 Å². The van der Waals surface area contributed by atoms with Gasteiger partial charge in [-0.2, -0.15) is 0 Å². The van der Waals surface area contributed by atoms with E-state index in [1.807, 2.05) is 12.1 Å². The molecule has 0 saturated carbocycles. The molecule has 2 aromatic carbocycles. The van der Waals surface area contributed by atoms with Gasteiger partial charge in [-0.25, -0.2) is 4.79 Å². The van der Waals surface area contributed by atoms with Crippen molar-refractivity contribution >= 4 is 5.97 Å². The highest BCUT2D eigenvalue weighted by Crippen LogP contribution is 2.22. The number of aromatic carboxylic acids is 1. The van der Waals surface area contributed by atoms with Crippen LogP contribution in [0, 0.1) is 0 Å². The van der Waals surface area contributed by atoms with E-state index in [0.717, 1.165) is 58.9 Å². The van der Waals surface area contributed by atoms with E-state index in [9.17, 15) is 4.79 Å². The van der Waals surface area contributed by atoms with E-state index in [-0.39, 0.29) is 0 Å². The summed E-state index contributed by atoms with van der Waals surface area (Å²) in [6.07, 6.45) is 0. The SMILES string of the molecule is C[C@@H]1CN(Cc2ccc(C(=O)O)cc2)C[C@H](C)N1Cc1cccc(CN2CCN(C)CC2)c1. The van der Waals surface area contributed by atoms with Gasteiger partial charge in [-0.3, -0.25) is 14.7 Å². The Hall–Kier alpha value is -2.25. The molecule has 0 aromatic heterocycles. The van der Waals surface area contributed by atoms with E-state index in [0.29, 0.717) is 17.6 Å². The zero-order chi connectivity index (χ0) is 23.4. The van der Waals surface area contributed by atoms with E-state index in [4.69, 9.17) is 5.11 Å². The van der Waals surface area contributed by atoms with Gasteiger partial charge in [-0.05, 0) is 49.7 Å². The maximum Gasteiger partial charge on any atom is 0.335 e. The van der Waals surface area contributed by atoms with Crippen LogP contribution in [0.2, 0.25) is 0 Å². The first-order valence-corrected chi connectivity index (χ1v) is 12.2. The summed E-state index contributed by atoms with van der Waals surface area (Å²) in [5, 5.41) is 9.11. The summed E-state index contributed by atoms with van der Waals surface area (Å²) in [6.45, 7) is 14.2. The van der Waals surface area contributed by atoms with E-state index in [1.54, 1.807) is 12.1 Å². The van der Waals surface area contributed by atoms with Crippen molar-refractivity contribution in [2.75, 3.05) is 46.3 Å². The van der Waals surface area contributed by atoms with Crippen molar-refractivity contribution in [3.63, 3.8) is 0 Å². The minimum absolute atomic E-state index is 0.347. The maximum absolute atomic E-state index is 11.1. The molecular formula is C27H38N4O2. The molecule has 2 fully saturated rings. The number of hydrogen-bond donors (Lipinski definition) is 1. The normalized spacial score (nSPS) is 23.6. The molecule has 0 spiro atoms. The molecule has 4 rings (SSSR count). The van der Waals surface area contributed by atoms with Gasteiger partial charge in [-0.15, -0.1) is 0 Å². The fraction of sp³-hybridized carbons (Fsp3) is 0.519. The second kappa shape index (κ2) is 10.8. The molecule has 1 N–H and O–H groups in total. The number of carboxylic acids is 1. The van der Waals surface area contributed by atoms with E-state index < -0.39 is 5.97 Å². The quantitative estimate of drug-likeness (QED) is 0.699. The average molecular weight is 451 g/mol. The summed E-state index contributed by atoms with van der Waals surface area (Å²) in [5.41, 5.74) is 4.34. The van der Waals surface area contributed by atoms with Crippen LogP contribution in [0.15, 0.2) is 48.5 Å². The monoisotopic (exact) mass is 450 g/mol. The zero-order valence-electron chi connectivity index (χ0n) is 20.3. The van der Waals surface area contributed by atoms with Crippen LogP contribution in [-0.2, 0) is 19.6 Å². The van der Waals surface area contributed by atoms with Crippen LogP contribution in [0.25, 0.3) is 0 Å². The fourth-order valence-electron chi connectivity index (χ4n) is 5.22. The Morgan fingerprint density at radius 3 is 2.00 bits per heavy atom. The number of hydrogen-bond acceptors (Lipinski definition) is 5. The van der Waals surface area contributed by atoms with Gasteiger partial charge in [0.05, 0.1) is 5.56 Å². The lowest BCUT2D eigenvalue weighted by atomic mass is 10.0. The number of carbonyl (C=O) groups is 1. The molecule has 0 radical (unpaired) electrons. The molecule has 6 heteroatoms. The van der Waals surface area contributed by atoms with Gasteiger partial charge in [-0.1, -0.05) is 36.4 Å². The Labute approximate surface area is 198 Å². The first-order chi connectivity index (χ1) is 15.9. The lowest BCUT2D eigenvalue weighted by molar-refractivity contribution is 0.0290. The van der Waals surface area contributed by atoms with Crippen molar-refractivity contribution in [2.24, 2.45) is 0 Å². The number of piperazine rings is 2. The van der Waals surface area contributed by atoms with Gasteiger partial charge < -0.3 is 10.0 Å². The molecule has 0 unspecified atom stereocenters. The third-order valence-corrected chi connectivity index (χ3v) is 7.14. The molecular weight excluding hydrogens is 412 g/mol. The molecule has 2 aromatic rings. The van der Waals surface area contributed by atoms with Gasteiger partial charge in [0, 0.05) is 71.0 Å². The number of carboxylic acid groups (broad SMARTS) is 1. The smallest absolute Gasteiger partial charge is 0.335 e. The molecule has 2 aliphatic rings. The number of rotatable bonds is 7. The highest BCUT2D eigenvalue weighted by Gasteiger charge is 2.29.